The minimum Gasteiger partial charge on any atom is -0.342 e. The van der Waals surface area contributed by atoms with E-state index < -0.39 is 4.92 Å². The van der Waals surface area contributed by atoms with Crippen molar-refractivity contribution in [3.8, 4) is 0 Å². The lowest BCUT2D eigenvalue weighted by Gasteiger charge is -2.19. The van der Waals surface area contributed by atoms with Gasteiger partial charge >= 0.3 is 0 Å². The molecule has 0 aliphatic rings. The van der Waals surface area contributed by atoms with Gasteiger partial charge in [-0.1, -0.05) is 19.9 Å². The van der Waals surface area contributed by atoms with Gasteiger partial charge in [0, 0.05) is 19.7 Å². The Hall–Kier alpha value is -2.15. The number of para-hydroxylation sites is 1. The van der Waals surface area contributed by atoms with Crippen LogP contribution in [0.25, 0.3) is 0 Å². The maximum Gasteiger partial charge on any atom is 0.294 e. The van der Waals surface area contributed by atoms with Crippen molar-refractivity contribution in [2.75, 3.05) is 19.0 Å². The maximum absolute atomic E-state index is 12.3. The smallest absolute Gasteiger partial charge is 0.294 e. The Kier molecular flexibility index (Phi) is 5.45. The first-order valence-corrected chi connectivity index (χ1v) is 6.38. The van der Waals surface area contributed by atoms with Gasteiger partial charge in [-0.3, -0.25) is 20.8 Å². The SMILES string of the molecule is CC(C)CCN(C)C(=O)c1cccc([N+](=O)[O-])c1NN. The largest absolute Gasteiger partial charge is 0.342 e. The number of nitrogens with two attached hydrogens (primary N) is 1. The van der Waals surface area contributed by atoms with Crippen LogP contribution in [0.1, 0.15) is 30.6 Å². The number of hydrogen-bond acceptors (Lipinski definition) is 5. The van der Waals surface area contributed by atoms with Crippen molar-refractivity contribution >= 4 is 17.3 Å². The summed E-state index contributed by atoms with van der Waals surface area (Å²) >= 11 is 0. The van der Waals surface area contributed by atoms with Crippen LogP contribution in [0, 0.1) is 16.0 Å². The van der Waals surface area contributed by atoms with Gasteiger partial charge in [-0.15, -0.1) is 0 Å². The molecule has 7 nitrogen and oxygen atoms in total. The number of hydrogen-bond donors (Lipinski definition) is 2. The Bertz CT molecular complexity index is 502. The van der Waals surface area contributed by atoms with Crippen molar-refractivity contribution in [2.45, 2.75) is 20.3 Å². The molecule has 1 aromatic rings. The first-order chi connectivity index (χ1) is 9.38. The minimum absolute atomic E-state index is 0.0406. The summed E-state index contributed by atoms with van der Waals surface area (Å²) in [5, 5.41) is 10.9. The molecule has 0 atom stereocenters. The molecule has 1 amide bonds. The first-order valence-electron chi connectivity index (χ1n) is 6.38. The highest BCUT2D eigenvalue weighted by Gasteiger charge is 2.22. The molecule has 0 fully saturated rings. The molecule has 110 valence electrons. The van der Waals surface area contributed by atoms with Crippen LogP contribution in [-0.2, 0) is 0 Å². The van der Waals surface area contributed by atoms with Gasteiger partial charge in [0.05, 0.1) is 10.5 Å². The Morgan fingerprint density at radius 3 is 2.65 bits per heavy atom. The summed E-state index contributed by atoms with van der Waals surface area (Å²) in [6.07, 6.45) is 0.864. The van der Waals surface area contributed by atoms with E-state index in [-0.39, 0.29) is 22.8 Å². The maximum atomic E-state index is 12.3. The lowest BCUT2D eigenvalue weighted by Crippen LogP contribution is -2.29. The molecule has 3 N–H and O–H groups in total. The van der Waals surface area contributed by atoms with E-state index in [0.717, 1.165) is 6.42 Å². The van der Waals surface area contributed by atoms with E-state index in [2.05, 4.69) is 19.3 Å². The van der Waals surface area contributed by atoms with Crippen molar-refractivity contribution in [1.82, 2.24) is 4.90 Å². The van der Waals surface area contributed by atoms with Gasteiger partial charge in [0.15, 0.2) is 0 Å². The van der Waals surface area contributed by atoms with Crippen molar-refractivity contribution < 1.29 is 9.72 Å². The van der Waals surface area contributed by atoms with Crippen LogP contribution in [0.3, 0.4) is 0 Å². The molecule has 0 aliphatic heterocycles. The number of nitrogens with zero attached hydrogens (tertiary/aromatic N) is 2. The number of carbonyl (C=O) groups is 1. The Balaban J connectivity index is 3.03. The third-order valence-corrected chi connectivity index (χ3v) is 3.00. The van der Waals surface area contributed by atoms with Crippen LogP contribution in [-0.4, -0.2) is 29.3 Å². The number of rotatable bonds is 6. The molecule has 0 aliphatic carbocycles. The zero-order valence-electron chi connectivity index (χ0n) is 11.9. The highest BCUT2D eigenvalue weighted by atomic mass is 16.6. The van der Waals surface area contributed by atoms with E-state index >= 15 is 0 Å². The molecule has 1 rings (SSSR count). The number of benzene rings is 1. The van der Waals surface area contributed by atoms with Crippen molar-refractivity contribution in [2.24, 2.45) is 11.8 Å². The number of anilines is 1. The molecule has 0 unspecified atom stereocenters. The highest BCUT2D eigenvalue weighted by molar-refractivity contribution is 6.01. The van der Waals surface area contributed by atoms with E-state index in [0.29, 0.717) is 12.5 Å². The molecular formula is C13H20N4O3. The summed E-state index contributed by atoms with van der Waals surface area (Å²) in [6, 6.07) is 4.30. The fraction of sp³-hybridized carbons (Fsp3) is 0.462. The topological polar surface area (TPSA) is 102 Å². The average Bonchev–Trinajstić information content (AvgIpc) is 2.42. The summed E-state index contributed by atoms with van der Waals surface area (Å²) in [5.41, 5.74) is 2.29. The Labute approximate surface area is 117 Å². The van der Waals surface area contributed by atoms with Gasteiger partial charge in [0.25, 0.3) is 11.6 Å². The van der Waals surface area contributed by atoms with E-state index in [1.54, 1.807) is 11.9 Å². The third-order valence-electron chi connectivity index (χ3n) is 3.00. The number of amides is 1. The second-order valence-corrected chi connectivity index (χ2v) is 5.01. The van der Waals surface area contributed by atoms with Crippen LogP contribution < -0.4 is 11.3 Å². The van der Waals surface area contributed by atoms with E-state index in [9.17, 15) is 14.9 Å². The fourth-order valence-corrected chi connectivity index (χ4v) is 1.78. The van der Waals surface area contributed by atoms with Crippen LogP contribution >= 0.6 is 0 Å². The molecule has 20 heavy (non-hydrogen) atoms. The summed E-state index contributed by atoms with van der Waals surface area (Å²) in [4.78, 5) is 24.2. The van der Waals surface area contributed by atoms with E-state index in [1.165, 1.54) is 18.2 Å². The Morgan fingerprint density at radius 2 is 2.15 bits per heavy atom. The highest BCUT2D eigenvalue weighted by Crippen LogP contribution is 2.28. The average molecular weight is 280 g/mol. The standard InChI is InChI=1S/C13H20N4O3/c1-9(2)7-8-16(3)13(18)10-5-4-6-11(17(19)20)12(10)15-14/h4-6,9,15H,7-8,14H2,1-3H3. The van der Waals surface area contributed by atoms with Crippen molar-refractivity contribution in [1.29, 1.82) is 0 Å². The summed E-state index contributed by atoms with van der Waals surface area (Å²) in [5.74, 6) is 5.51. The number of nitrogens with one attached hydrogen (secondary N) is 1. The molecule has 0 saturated heterocycles. The monoisotopic (exact) mass is 280 g/mol. The summed E-state index contributed by atoms with van der Waals surface area (Å²) in [6.45, 7) is 4.72. The first kappa shape index (κ1) is 15.9. The molecule has 0 saturated carbocycles. The van der Waals surface area contributed by atoms with Crippen LogP contribution in [0.2, 0.25) is 0 Å². The second-order valence-electron chi connectivity index (χ2n) is 5.01. The predicted octanol–water partition coefficient (Wildman–Crippen LogP) is 2.00. The third kappa shape index (κ3) is 3.67. The summed E-state index contributed by atoms with van der Waals surface area (Å²) in [7, 11) is 1.67. The predicted molar refractivity (Wildman–Crippen MR) is 77.3 cm³/mol. The molecule has 7 heteroatoms. The van der Waals surface area contributed by atoms with Gasteiger partial charge in [0.1, 0.15) is 5.69 Å². The van der Waals surface area contributed by atoms with Gasteiger partial charge in [-0.05, 0) is 18.4 Å². The van der Waals surface area contributed by atoms with Gasteiger partial charge in [-0.25, -0.2) is 0 Å². The van der Waals surface area contributed by atoms with Crippen LogP contribution in [0.15, 0.2) is 18.2 Å². The lowest BCUT2D eigenvalue weighted by atomic mass is 10.1. The number of nitrogen functional groups attached to an aromatic ring is 1. The van der Waals surface area contributed by atoms with E-state index in [1.807, 2.05) is 0 Å². The molecular weight excluding hydrogens is 260 g/mol. The molecule has 1 aromatic carbocycles. The van der Waals surface area contributed by atoms with Gasteiger partial charge in [0.2, 0.25) is 0 Å². The minimum atomic E-state index is -0.569. The zero-order chi connectivity index (χ0) is 15.3. The quantitative estimate of drug-likeness (QED) is 0.471. The molecule has 0 spiro atoms. The normalized spacial score (nSPS) is 10.4. The van der Waals surface area contributed by atoms with E-state index in [4.69, 9.17) is 5.84 Å². The molecule has 0 radical (unpaired) electrons. The Morgan fingerprint density at radius 1 is 1.50 bits per heavy atom. The van der Waals surface area contributed by atoms with Crippen LogP contribution in [0.4, 0.5) is 11.4 Å². The molecule has 0 heterocycles. The lowest BCUT2D eigenvalue weighted by molar-refractivity contribution is -0.384. The van der Waals surface area contributed by atoms with Gasteiger partial charge in [-0.2, -0.15) is 0 Å². The van der Waals surface area contributed by atoms with Crippen LogP contribution in [0.5, 0.6) is 0 Å². The number of hydrazine groups is 1. The number of nitro benzene ring substituents is 1. The zero-order valence-corrected chi connectivity index (χ0v) is 11.9. The fourth-order valence-electron chi connectivity index (χ4n) is 1.78. The molecule has 0 aromatic heterocycles. The number of nitro groups is 1. The van der Waals surface area contributed by atoms with Gasteiger partial charge < -0.3 is 10.3 Å². The van der Waals surface area contributed by atoms with Crippen molar-refractivity contribution in [3.05, 3.63) is 33.9 Å². The number of carbonyl (C=O) groups excluding carboxylic acids is 1. The van der Waals surface area contributed by atoms with Crippen molar-refractivity contribution in [3.63, 3.8) is 0 Å². The molecule has 0 bridgehead atoms. The summed E-state index contributed by atoms with van der Waals surface area (Å²) < 4.78 is 0. The second kappa shape index (κ2) is 6.85.